The number of hydrogen-bond acceptors (Lipinski definition) is 3. The Morgan fingerprint density at radius 2 is 1.95 bits per heavy atom. The van der Waals surface area contributed by atoms with E-state index in [0.717, 1.165) is 31.5 Å². The molecule has 2 unspecified atom stereocenters. The van der Waals surface area contributed by atoms with Gasteiger partial charge in [0.25, 0.3) is 0 Å². The Hall–Kier alpha value is -1.27. The van der Waals surface area contributed by atoms with Crippen molar-refractivity contribution in [1.29, 1.82) is 0 Å². The standard InChI is InChI=1S/C15H21F3N2O/c1-11(20-9-3-4-13(10-20)19-2)12-5-7-14(8-6-12)21-15(16,17)18/h5-8,11,13,19H,3-4,9-10H2,1-2H3. The van der Waals surface area contributed by atoms with Crippen LogP contribution in [0.1, 0.15) is 31.4 Å². The first-order chi connectivity index (χ1) is 9.89. The highest BCUT2D eigenvalue weighted by molar-refractivity contribution is 5.29. The lowest BCUT2D eigenvalue weighted by molar-refractivity contribution is -0.274. The van der Waals surface area contributed by atoms with E-state index in [-0.39, 0.29) is 11.8 Å². The smallest absolute Gasteiger partial charge is 0.406 e. The maximum atomic E-state index is 12.1. The average molecular weight is 302 g/mol. The summed E-state index contributed by atoms with van der Waals surface area (Å²) < 4.78 is 40.3. The SMILES string of the molecule is CNC1CCCN(C(C)c2ccc(OC(F)(F)F)cc2)C1. The number of nitrogens with zero attached hydrogens (tertiary/aromatic N) is 1. The quantitative estimate of drug-likeness (QED) is 0.923. The van der Waals surface area contributed by atoms with Gasteiger partial charge in [0, 0.05) is 18.6 Å². The van der Waals surface area contributed by atoms with Crippen LogP contribution >= 0.6 is 0 Å². The van der Waals surface area contributed by atoms with Gasteiger partial charge in [0.2, 0.25) is 0 Å². The molecule has 0 aliphatic carbocycles. The van der Waals surface area contributed by atoms with E-state index in [2.05, 4.69) is 21.9 Å². The van der Waals surface area contributed by atoms with E-state index < -0.39 is 6.36 Å². The number of likely N-dealkylation sites (tertiary alicyclic amines) is 1. The van der Waals surface area contributed by atoms with Gasteiger partial charge in [-0.25, -0.2) is 0 Å². The number of piperidine rings is 1. The Morgan fingerprint density at radius 3 is 2.52 bits per heavy atom. The van der Waals surface area contributed by atoms with Crippen LogP contribution in [0.3, 0.4) is 0 Å². The fourth-order valence-electron chi connectivity index (χ4n) is 2.75. The second-order valence-electron chi connectivity index (χ2n) is 5.42. The van der Waals surface area contributed by atoms with Crippen LogP contribution in [-0.2, 0) is 0 Å². The first-order valence-corrected chi connectivity index (χ1v) is 7.16. The van der Waals surface area contributed by atoms with Gasteiger partial charge < -0.3 is 10.1 Å². The van der Waals surface area contributed by atoms with Crippen molar-refractivity contribution < 1.29 is 17.9 Å². The zero-order valence-corrected chi connectivity index (χ0v) is 12.3. The Kier molecular flexibility index (Phi) is 5.11. The Labute approximate surface area is 123 Å². The van der Waals surface area contributed by atoms with Crippen molar-refractivity contribution in [3.8, 4) is 5.75 Å². The number of rotatable bonds is 4. The molecule has 1 N–H and O–H groups in total. The predicted octanol–water partition coefficient (Wildman–Crippen LogP) is 3.33. The summed E-state index contributed by atoms with van der Waals surface area (Å²) >= 11 is 0. The lowest BCUT2D eigenvalue weighted by Gasteiger charge is -2.37. The Morgan fingerprint density at radius 1 is 1.29 bits per heavy atom. The molecular weight excluding hydrogens is 281 g/mol. The third-order valence-corrected chi connectivity index (χ3v) is 4.00. The van der Waals surface area contributed by atoms with Crippen LogP contribution < -0.4 is 10.1 Å². The Bertz CT molecular complexity index is 447. The van der Waals surface area contributed by atoms with Gasteiger partial charge in [0.15, 0.2) is 0 Å². The molecule has 0 bridgehead atoms. The molecule has 1 aromatic carbocycles. The number of halogens is 3. The fourth-order valence-corrected chi connectivity index (χ4v) is 2.75. The third-order valence-electron chi connectivity index (χ3n) is 4.00. The van der Waals surface area contributed by atoms with E-state index in [1.807, 2.05) is 7.05 Å². The highest BCUT2D eigenvalue weighted by Gasteiger charge is 2.31. The van der Waals surface area contributed by atoms with Gasteiger partial charge in [0.05, 0.1) is 0 Å². The minimum atomic E-state index is -4.64. The fraction of sp³-hybridized carbons (Fsp3) is 0.600. The topological polar surface area (TPSA) is 24.5 Å². The summed E-state index contributed by atoms with van der Waals surface area (Å²) in [4.78, 5) is 2.35. The maximum absolute atomic E-state index is 12.1. The summed E-state index contributed by atoms with van der Waals surface area (Å²) in [7, 11) is 1.96. The van der Waals surface area contributed by atoms with Gasteiger partial charge >= 0.3 is 6.36 Å². The van der Waals surface area contributed by atoms with E-state index in [9.17, 15) is 13.2 Å². The number of likely N-dealkylation sites (N-methyl/N-ethyl adjacent to an activating group) is 1. The van der Waals surface area contributed by atoms with E-state index in [1.54, 1.807) is 12.1 Å². The van der Waals surface area contributed by atoms with Crippen molar-refractivity contribution in [2.24, 2.45) is 0 Å². The average Bonchev–Trinajstić information content (AvgIpc) is 2.46. The molecule has 1 aromatic rings. The zero-order chi connectivity index (χ0) is 15.5. The number of benzene rings is 1. The summed E-state index contributed by atoms with van der Waals surface area (Å²) in [5.41, 5.74) is 1.00. The lowest BCUT2D eigenvalue weighted by atomic mass is 10.0. The molecule has 2 atom stereocenters. The zero-order valence-electron chi connectivity index (χ0n) is 12.3. The van der Waals surface area contributed by atoms with Crippen LogP contribution in [-0.4, -0.2) is 37.4 Å². The normalized spacial score (nSPS) is 22.0. The minimum Gasteiger partial charge on any atom is -0.406 e. The molecule has 2 rings (SSSR count). The summed E-state index contributed by atoms with van der Waals surface area (Å²) in [6.07, 6.45) is -2.34. The van der Waals surface area contributed by atoms with Crippen molar-refractivity contribution in [1.82, 2.24) is 10.2 Å². The number of ether oxygens (including phenoxy) is 1. The molecule has 0 radical (unpaired) electrons. The van der Waals surface area contributed by atoms with Gasteiger partial charge in [-0.3, -0.25) is 4.90 Å². The highest BCUT2D eigenvalue weighted by Crippen LogP contribution is 2.28. The summed E-state index contributed by atoms with van der Waals surface area (Å²) in [6.45, 7) is 4.05. The molecule has 0 saturated carbocycles. The molecule has 118 valence electrons. The van der Waals surface area contributed by atoms with Crippen LogP contribution in [0.5, 0.6) is 5.75 Å². The van der Waals surface area contributed by atoms with Gasteiger partial charge in [-0.15, -0.1) is 13.2 Å². The molecule has 0 aromatic heterocycles. The molecule has 1 aliphatic heterocycles. The van der Waals surface area contributed by atoms with Crippen molar-refractivity contribution >= 4 is 0 Å². The second-order valence-corrected chi connectivity index (χ2v) is 5.42. The number of nitrogens with one attached hydrogen (secondary N) is 1. The summed E-state index contributed by atoms with van der Waals surface area (Å²) in [6, 6.07) is 6.82. The van der Waals surface area contributed by atoms with Crippen molar-refractivity contribution in [3.63, 3.8) is 0 Å². The molecule has 0 amide bonds. The van der Waals surface area contributed by atoms with Crippen LogP contribution in [0.2, 0.25) is 0 Å². The van der Waals surface area contributed by atoms with Crippen molar-refractivity contribution in [2.45, 2.75) is 38.2 Å². The van der Waals surface area contributed by atoms with Crippen molar-refractivity contribution in [3.05, 3.63) is 29.8 Å². The largest absolute Gasteiger partial charge is 0.573 e. The molecule has 1 heterocycles. The number of hydrogen-bond donors (Lipinski definition) is 1. The second kappa shape index (κ2) is 6.66. The van der Waals surface area contributed by atoms with Crippen LogP contribution in [0.4, 0.5) is 13.2 Å². The summed E-state index contributed by atoms with van der Waals surface area (Å²) in [5.74, 6) is -0.176. The van der Waals surface area contributed by atoms with E-state index >= 15 is 0 Å². The predicted molar refractivity (Wildman–Crippen MR) is 75.2 cm³/mol. The molecule has 1 fully saturated rings. The van der Waals surface area contributed by atoms with Gasteiger partial charge in [-0.2, -0.15) is 0 Å². The minimum absolute atomic E-state index is 0.176. The maximum Gasteiger partial charge on any atom is 0.573 e. The van der Waals surface area contributed by atoms with Crippen LogP contribution in [0.15, 0.2) is 24.3 Å². The van der Waals surface area contributed by atoms with Gasteiger partial charge in [-0.05, 0) is 51.1 Å². The van der Waals surface area contributed by atoms with Crippen LogP contribution in [0, 0.1) is 0 Å². The molecule has 6 heteroatoms. The molecule has 21 heavy (non-hydrogen) atoms. The molecular formula is C15H21F3N2O. The van der Waals surface area contributed by atoms with Gasteiger partial charge in [-0.1, -0.05) is 12.1 Å². The third kappa shape index (κ3) is 4.61. The first-order valence-electron chi connectivity index (χ1n) is 7.16. The molecule has 1 saturated heterocycles. The molecule has 0 spiro atoms. The highest BCUT2D eigenvalue weighted by atomic mass is 19.4. The van der Waals surface area contributed by atoms with Crippen molar-refractivity contribution in [2.75, 3.05) is 20.1 Å². The van der Waals surface area contributed by atoms with E-state index in [4.69, 9.17) is 0 Å². The Balaban J connectivity index is 2.00. The summed E-state index contributed by atoms with van der Waals surface area (Å²) in [5, 5.41) is 3.29. The number of alkyl halides is 3. The molecule has 3 nitrogen and oxygen atoms in total. The lowest BCUT2D eigenvalue weighted by Crippen LogP contribution is -2.45. The first kappa shape index (κ1) is 16.1. The van der Waals surface area contributed by atoms with E-state index in [0.29, 0.717) is 6.04 Å². The monoisotopic (exact) mass is 302 g/mol. The molecule has 1 aliphatic rings. The van der Waals surface area contributed by atoms with Crippen LogP contribution in [0.25, 0.3) is 0 Å². The van der Waals surface area contributed by atoms with Gasteiger partial charge in [0.1, 0.15) is 5.75 Å². The van der Waals surface area contributed by atoms with E-state index in [1.165, 1.54) is 12.1 Å².